The first-order chi connectivity index (χ1) is 8.75. The number of hydrogen-bond acceptors (Lipinski definition) is 3. The van der Waals surface area contributed by atoms with E-state index in [1.807, 2.05) is 11.9 Å². The second kappa shape index (κ2) is 8.77. The summed E-state index contributed by atoms with van der Waals surface area (Å²) in [5.74, 6) is 0.951. The van der Waals surface area contributed by atoms with Crippen LogP contribution < -0.4 is 5.32 Å². The highest BCUT2D eigenvalue weighted by Crippen LogP contribution is 2.24. The summed E-state index contributed by atoms with van der Waals surface area (Å²) < 4.78 is 5.58. The lowest BCUT2D eigenvalue weighted by atomic mass is 9.89. The van der Waals surface area contributed by atoms with E-state index in [2.05, 4.69) is 5.32 Å². The Kier molecular flexibility index (Phi) is 7.73. The molecule has 1 saturated carbocycles. The van der Waals surface area contributed by atoms with E-state index in [0.717, 1.165) is 32.2 Å². The summed E-state index contributed by atoms with van der Waals surface area (Å²) in [5.41, 5.74) is 0. The Labute approximate surface area is 122 Å². The van der Waals surface area contributed by atoms with Crippen LogP contribution >= 0.6 is 12.4 Å². The van der Waals surface area contributed by atoms with Crippen molar-refractivity contribution in [1.29, 1.82) is 0 Å². The summed E-state index contributed by atoms with van der Waals surface area (Å²) in [5, 5.41) is 3.26. The molecule has 1 saturated heterocycles. The molecule has 0 radical (unpaired) electrons. The van der Waals surface area contributed by atoms with Crippen molar-refractivity contribution in [2.45, 2.75) is 44.6 Å². The predicted octanol–water partition coefficient (Wildman–Crippen LogP) is 1.83. The Balaban J connectivity index is 0.00000180. The zero-order valence-corrected chi connectivity index (χ0v) is 12.7. The lowest BCUT2D eigenvalue weighted by Crippen LogP contribution is -2.42. The molecule has 1 N–H and O–H groups in total. The van der Waals surface area contributed by atoms with Crippen molar-refractivity contribution < 1.29 is 9.53 Å². The zero-order valence-electron chi connectivity index (χ0n) is 11.9. The number of nitrogens with zero attached hydrogens (tertiary/aromatic N) is 1. The topological polar surface area (TPSA) is 41.6 Å². The van der Waals surface area contributed by atoms with Crippen molar-refractivity contribution in [2.75, 3.05) is 33.3 Å². The number of morpholine rings is 1. The summed E-state index contributed by atoms with van der Waals surface area (Å²) in [7, 11) is 1.94. The van der Waals surface area contributed by atoms with Crippen LogP contribution in [0.4, 0.5) is 0 Å². The van der Waals surface area contributed by atoms with Crippen LogP contribution in [0.2, 0.25) is 0 Å². The largest absolute Gasteiger partial charge is 0.375 e. The summed E-state index contributed by atoms with van der Waals surface area (Å²) >= 11 is 0. The molecule has 0 aromatic rings. The van der Waals surface area contributed by atoms with E-state index in [1.54, 1.807) is 0 Å². The quantitative estimate of drug-likeness (QED) is 0.859. The standard InChI is InChI=1S/C14H26N2O2.ClH/c1-16(11-12-5-3-2-4-6-12)14(17)9-13-10-15-7-8-18-13;/h12-13,15H,2-11H2,1H3;1H. The van der Waals surface area contributed by atoms with Gasteiger partial charge < -0.3 is 15.0 Å². The lowest BCUT2D eigenvalue weighted by molar-refractivity contribution is -0.134. The first kappa shape index (κ1) is 16.7. The molecule has 0 spiro atoms. The van der Waals surface area contributed by atoms with E-state index in [-0.39, 0.29) is 24.4 Å². The molecule has 2 fully saturated rings. The molecular formula is C14H27ClN2O2. The van der Waals surface area contributed by atoms with Crippen molar-refractivity contribution in [3.05, 3.63) is 0 Å². The maximum absolute atomic E-state index is 12.1. The number of amides is 1. The van der Waals surface area contributed by atoms with E-state index >= 15 is 0 Å². The fourth-order valence-corrected chi connectivity index (χ4v) is 2.96. The molecule has 1 amide bonds. The van der Waals surface area contributed by atoms with Gasteiger partial charge in [0.1, 0.15) is 0 Å². The van der Waals surface area contributed by atoms with Crippen LogP contribution in [0, 0.1) is 5.92 Å². The number of carbonyl (C=O) groups excluding carboxylic acids is 1. The van der Waals surface area contributed by atoms with Gasteiger partial charge in [0.25, 0.3) is 0 Å². The van der Waals surface area contributed by atoms with Gasteiger partial charge in [0, 0.05) is 26.7 Å². The van der Waals surface area contributed by atoms with Crippen molar-refractivity contribution in [3.8, 4) is 0 Å². The maximum atomic E-state index is 12.1. The van der Waals surface area contributed by atoms with E-state index in [4.69, 9.17) is 4.74 Å². The van der Waals surface area contributed by atoms with Crippen molar-refractivity contribution in [2.24, 2.45) is 5.92 Å². The molecule has 0 bridgehead atoms. The Hall–Kier alpha value is -0.320. The molecule has 0 aromatic heterocycles. The predicted molar refractivity (Wildman–Crippen MR) is 78.7 cm³/mol. The number of rotatable bonds is 4. The van der Waals surface area contributed by atoms with Gasteiger partial charge in [-0.15, -0.1) is 12.4 Å². The molecule has 1 heterocycles. The highest BCUT2D eigenvalue weighted by atomic mass is 35.5. The molecule has 2 rings (SSSR count). The van der Waals surface area contributed by atoms with Crippen molar-refractivity contribution in [3.63, 3.8) is 0 Å². The van der Waals surface area contributed by atoms with Crippen LogP contribution in [-0.2, 0) is 9.53 Å². The minimum absolute atomic E-state index is 0. The van der Waals surface area contributed by atoms with Gasteiger partial charge in [-0.25, -0.2) is 0 Å². The SMILES string of the molecule is CN(CC1CCCCC1)C(=O)CC1CNCCO1.Cl. The van der Waals surface area contributed by atoms with Crippen molar-refractivity contribution in [1.82, 2.24) is 10.2 Å². The number of halogens is 1. The number of carbonyl (C=O) groups is 1. The van der Waals surface area contributed by atoms with E-state index in [0.29, 0.717) is 6.42 Å². The first-order valence-corrected chi connectivity index (χ1v) is 7.32. The number of nitrogens with one attached hydrogen (secondary N) is 1. The molecule has 2 aliphatic rings. The maximum Gasteiger partial charge on any atom is 0.224 e. The second-order valence-electron chi connectivity index (χ2n) is 5.68. The average Bonchev–Trinajstić information content (AvgIpc) is 2.41. The zero-order chi connectivity index (χ0) is 12.8. The third-order valence-corrected chi connectivity index (χ3v) is 4.09. The lowest BCUT2D eigenvalue weighted by Gasteiger charge is -2.29. The molecule has 19 heavy (non-hydrogen) atoms. The van der Waals surface area contributed by atoms with Gasteiger partial charge in [0.15, 0.2) is 0 Å². The van der Waals surface area contributed by atoms with Gasteiger partial charge in [0.05, 0.1) is 19.1 Å². The monoisotopic (exact) mass is 290 g/mol. The fourth-order valence-electron chi connectivity index (χ4n) is 2.96. The van der Waals surface area contributed by atoms with Crippen LogP contribution in [0.3, 0.4) is 0 Å². The molecule has 1 aliphatic heterocycles. The van der Waals surface area contributed by atoms with Gasteiger partial charge in [0.2, 0.25) is 5.91 Å². The van der Waals surface area contributed by atoms with E-state index in [9.17, 15) is 4.79 Å². The summed E-state index contributed by atoms with van der Waals surface area (Å²) in [4.78, 5) is 14.0. The van der Waals surface area contributed by atoms with Gasteiger partial charge >= 0.3 is 0 Å². The second-order valence-corrected chi connectivity index (χ2v) is 5.68. The highest BCUT2D eigenvalue weighted by molar-refractivity contribution is 5.85. The Bertz CT molecular complexity index is 264. The van der Waals surface area contributed by atoms with Gasteiger partial charge in [-0.05, 0) is 18.8 Å². The normalized spacial score (nSPS) is 24.6. The van der Waals surface area contributed by atoms with E-state index in [1.165, 1.54) is 32.1 Å². The molecular weight excluding hydrogens is 264 g/mol. The molecule has 5 heteroatoms. The van der Waals surface area contributed by atoms with Crippen LogP contribution in [-0.4, -0.2) is 50.2 Å². The molecule has 1 unspecified atom stereocenters. The van der Waals surface area contributed by atoms with Crippen LogP contribution in [0.25, 0.3) is 0 Å². The Morgan fingerprint density at radius 1 is 1.32 bits per heavy atom. The first-order valence-electron chi connectivity index (χ1n) is 7.32. The summed E-state index contributed by atoms with van der Waals surface area (Å²) in [6.07, 6.45) is 7.22. The van der Waals surface area contributed by atoms with Crippen LogP contribution in [0.15, 0.2) is 0 Å². The third kappa shape index (κ3) is 5.67. The van der Waals surface area contributed by atoms with Gasteiger partial charge in [-0.3, -0.25) is 4.79 Å². The molecule has 4 nitrogen and oxygen atoms in total. The van der Waals surface area contributed by atoms with Crippen LogP contribution in [0.1, 0.15) is 38.5 Å². The Morgan fingerprint density at radius 3 is 2.68 bits per heavy atom. The van der Waals surface area contributed by atoms with Gasteiger partial charge in [-0.1, -0.05) is 19.3 Å². The number of hydrogen-bond donors (Lipinski definition) is 1. The number of ether oxygens (including phenoxy) is 1. The van der Waals surface area contributed by atoms with Crippen molar-refractivity contribution >= 4 is 18.3 Å². The third-order valence-electron chi connectivity index (χ3n) is 4.09. The van der Waals surface area contributed by atoms with E-state index < -0.39 is 0 Å². The molecule has 1 aliphatic carbocycles. The molecule has 112 valence electrons. The highest BCUT2D eigenvalue weighted by Gasteiger charge is 2.22. The Morgan fingerprint density at radius 2 is 2.05 bits per heavy atom. The molecule has 0 aromatic carbocycles. The smallest absolute Gasteiger partial charge is 0.224 e. The minimum Gasteiger partial charge on any atom is -0.375 e. The molecule has 1 atom stereocenters. The summed E-state index contributed by atoms with van der Waals surface area (Å²) in [6, 6.07) is 0. The minimum atomic E-state index is 0. The average molecular weight is 291 g/mol. The van der Waals surface area contributed by atoms with Gasteiger partial charge in [-0.2, -0.15) is 0 Å². The van der Waals surface area contributed by atoms with Crippen LogP contribution in [0.5, 0.6) is 0 Å². The summed E-state index contributed by atoms with van der Waals surface area (Å²) in [6.45, 7) is 3.37. The fraction of sp³-hybridized carbons (Fsp3) is 0.929.